The number of oxazole rings is 1. The average molecular weight is 354 g/mol. The van der Waals surface area contributed by atoms with Crippen molar-refractivity contribution in [2.45, 2.75) is 0 Å². The lowest BCUT2D eigenvalue weighted by Gasteiger charge is -2.11. The average Bonchev–Trinajstić information content (AvgIpc) is 3.14. The van der Waals surface area contributed by atoms with E-state index in [0.29, 0.717) is 16.7 Å². The Bertz CT molecular complexity index is 1010. The third-order valence-corrected chi connectivity index (χ3v) is 3.69. The number of ether oxygens (including phenoxy) is 2. The lowest BCUT2D eigenvalue weighted by molar-refractivity contribution is 0.0587. The van der Waals surface area contributed by atoms with Crippen molar-refractivity contribution in [1.29, 1.82) is 0 Å². The van der Waals surface area contributed by atoms with Gasteiger partial charge >= 0.3 is 11.9 Å². The molecule has 1 heterocycles. The topological polar surface area (TPSA) is 108 Å². The fraction of sp³-hybridized carbons (Fsp3) is 0.111. The highest BCUT2D eigenvalue weighted by Gasteiger charge is 2.18. The molecule has 0 spiro atoms. The van der Waals surface area contributed by atoms with Crippen molar-refractivity contribution in [2.24, 2.45) is 0 Å². The predicted molar refractivity (Wildman–Crippen MR) is 91.1 cm³/mol. The lowest BCUT2D eigenvalue weighted by atomic mass is 10.1. The predicted octanol–water partition coefficient (Wildman–Crippen LogP) is 2.65. The number of hydrogen-bond donors (Lipinski definition) is 1. The summed E-state index contributed by atoms with van der Waals surface area (Å²) in [6.45, 7) is 0. The van der Waals surface area contributed by atoms with Gasteiger partial charge in [0, 0.05) is 5.56 Å². The van der Waals surface area contributed by atoms with Gasteiger partial charge in [-0.05, 0) is 36.4 Å². The smallest absolute Gasteiger partial charge is 0.339 e. The zero-order valence-electron chi connectivity index (χ0n) is 13.9. The Morgan fingerprint density at radius 3 is 2.42 bits per heavy atom. The van der Waals surface area contributed by atoms with Crippen LogP contribution in [0.3, 0.4) is 0 Å². The summed E-state index contributed by atoms with van der Waals surface area (Å²) in [5.41, 5.74) is 1.80. The summed E-state index contributed by atoms with van der Waals surface area (Å²) in [7, 11) is 2.46. The van der Waals surface area contributed by atoms with Crippen molar-refractivity contribution in [3.63, 3.8) is 0 Å². The number of carbonyl (C=O) groups excluding carboxylic acids is 3. The summed E-state index contributed by atoms with van der Waals surface area (Å²) >= 11 is 0. The number of hydrogen-bond acceptors (Lipinski definition) is 7. The number of carbonyl (C=O) groups is 3. The summed E-state index contributed by atoms with van der Waals surface area (Å²) in [4.78, 5) is 40.2. The molecule has 0 aliphatic rings. The molecule has 0 atom stereocenters. The molecule has 0 aliphatic heterocycles. The van der Waals surface area contributed by atoms with E-state index in [-0.39, 0.29) is 16.8 Å². The molecule has 8 nitrogen and oxygen atoms in total. The number of benzene rings is 2. The van der Waals surface area contributed by atoms with Gasteiger partial charge < -0.3 is 19.2 Å². The van der Waals surface area contributed by atoms with E-state index in [1.54, 1.807) is 18.2 Å². The maximum atomic E-state index is 12.6. The van der Waals surface area contributed by atoms with Crippen LogP contribution in [0.15, 0.2) is 47.2 Å². The number of nitrogens with one attached hydrogen (secondary N) is 1. The van der Waals surface area contributed by atoms with Gasteiger partial charge in [-0.15, -0.1) is 0 Å². The van der Waals surface area contributed by atoms with Crippen LogP contribution in [0.1, 0.15) is 31.1 Å². The first kappa shape index (κ1) is 17.2. The Morgan fingerprint density at radius 1 is 0.962 bits per heavy atom. The molecule has 132 valence electrons. The summed E-state index contributed by atoms with van der Waals surface area (Å²) in [6.07, 6.45) is 1.28. The van der Waals surface area contributed by atoms with E-state index in [9.17, 15) is 14.4 Å². The molecule has 0 saturated heterocycles. The van der Waals surface area contributed by atoms with E-state index in [2.05, 4.69) is 15.0 Å². The minimum Gasteiger partial charge on any atom is -0.465 e. The van der Waals surface area contributed by atoms with Crippen LogP contribution in [0.2, 0.25) is 0 Å². The quantitative estimate of drug-likeness (QED) is 0.718. The molecule has 1 amide bonds. The summed E-state index contributed by atoms with van der Waals surface area (Å²) in [5, 5.41) is 2.61. The van der Waals surface area contributed by atoms with Gasteiger partial charge in [0.25, 0.3) is 5.91 Å². The number of aromatic nitrogens is 1. The second-order valence-corrected chi connectivity index (χ2v) is 5.23. The SMILES string of the molecule is COC(=O)c1ccc(C(=O)OC)c(NC(=O)c2ccc3ocnc3c2)c1. The molecule has 8 heteroatoms. The molecule has 2 aromatic carbocycles. The van der Waals surface area contributed by atoms with Gasteiger partial charge in [0.05, 0.1) is 31.0 Å². The van der Waals surface area contributed by atoms with Gasteiger partial charge in [0.2, 0.25) is 0 Å². The Hall–Kier alpha value is -3.68. The van der Waals surface area contributed by atoms with E-state index in [1.807, 2.05) is 0 Å². The van der Waals surface area contributed by atoms with Crippen LogP contribution in [-0.2, 0) is 9.47 Å². The van der Waals surface area contributed by atoms with Gasteiger partial charge in [0.1, 0.15) is 5.52 Å². The van der Waals surface area contributed by atoms with E-state index < -0.39 is 17.8 Å². The first-order valence-corrected chi connectivity index (χ1v) is 7.48. The molecule has 0 unspecified atom stereocenters. The van der Waals surface area contributed by atoms with Gasteiger partial charge in [-0.1, -0.05) is 0 Å². The maximum absolute atomic E-state index is 12.6. The fourth-order valence-electron chi connectivity index (χ4n) is 2.37. The zero-order valence-corrected chi connectivity index (χ0v) is 13.9. The van der Waals surface area contributed by atoms with Crippen molar-refractivity contribution in [3.05, 3.63) is 59.5 Å². The number of anilines is 1. The van der Waals surface area contributed by atoms with E-state index >= 15 is 0 Å². The Kier molecular flexibility index (Phi) is 4.66. The van der Waals surface area contributed by atoms with Crippen molar-refractivity contribution in [3.8, 4) is 0 Å². The Balaban J connectivity index is 1.96. The molecular weight excluding hydrogens is 340 g/mol. The third kappa shape index (κ3) is 3.25. The minimum absolute atomic E-state index is 0.107. The number of nitrogens with zero attached hydrogens (tertiary/aromatic N) is 1. The highest BCUT2D eigenvalue weighted by atomic mass is 16.5. The third-order valence-electron chi connectivity index (χ3n) is 3.69. The standard InChI is InChI=1S/C18H14N2O6/c1-24-17(22)11-3-5-12(18(23)25-2)13(8-11)20-16(21)10-4-6-15-14(7-10)19-9-26-15/h3-9H,1-2H3,(H,20,21). The summed E-state index contributed by atoms with van der Waals surface area (Å²) < 4.78 is 14.5. The molecule has 0 radical (unpaired) electrons. The molecule has 3 aromatic rings. The molecule has 3 rings (SSSR count). The summed E-state index contributed by atoms with van der Waals surface area (Å²) in [6, 6.07) is 8.87. The van der Waals surface area contributed by atoms with Gasteiger partial charge in [-0.3, -0.25) is 4.79 Å². The first-order chi connectivity index (χ1) is 12.5. The van der Waals surface area contributed by atoms with Crippen LogP contribution < -0.4 is 5.32 Å². The van der Waals surface area contributed by atoms with Crippen LogP contribution >= 0.6 is 0 Å². The normalized spacial score (nSPS) is 10.4. The molecule has 26 heavy (non-hydrogen) atoms. The van der Waals surface area contributed by atoms with Crippen molar-refractivity contribution >= 4 is 34.6 Å². The molecule has 0 fully saturated rings. The van der Waals surface area contributed by atoms with Crippen molar-refractivity contribution in [2.75, 3.05) is 19.5 Å². The summed E-state index contributed by atoms with van der Waals surface area (Å²) in [5.74, 6) is -1.73. The highest BCUT2D eigenvalue weighted by Crippen LogP contribution is 2.21. The number of rotatable bonds is 4. The van der Waals surface area contributed by atoms with Crippen LogP contribution in [0.5, 0.6) is 0 Å². The van der Waals surface area contributed by atoms with Gasteiger partial charge in [0.15, 0.2) is 12.0 Å². The second-order valence-electron chi connectivity index (χ2n) is 5.23. The monoisotopic (exact) mass is 354 g/mol. The molecule has 0 saturated carbocycles. The number of esters is 2. The van der Waals surface area contributed by atoms with Crippen LogP contribution in [0.25, 0.3) is 11.1 Å². The second kappa shape index (κ2) is 7.06. The first-order valence-electron chi connectivity index (χ1n) is 7.48. The van der Waals surface area contributed by atoms with Gasteiger partial charge in [-0.25, -0.2) is 14.6 Å². The largest absolute Gasteiger partial charge is 0.465 e. The number of methoxy groups -OCH3 is 2. The van der Waals surface area contributed by atoms with E-state index in [1.165, 1.54) is 38.8 Å². The number of fused-ring (bicyclic) bond motifs is 1. The highest BCUT2D eigenvalue weighted by molar-refractivity contribution is 6.09. The Labute approximate surface area is 147 Å². The fourth-order valence-corrected chi connectivity index (χ4v) is 2.37. The lowest BCUT2D eigenvalue weighted by Crippen LogP contribution is -2.16. The van der Waals surface area contributed by atoms with E-state index in [4.69, 9.17) is 9.15 Å². The van der Waals surface area contributed by atoms with Gasteiger partial charge in [-0.2, -0.15) is 0 Å². The van der Waals surface area contributed by atoms with Crippen molar-refractivity contribution in [1.82, 2.24) is 4.98 Å². The van der Waals surface area contributed by atoms with Crippen LogP contribution in [-0.4, -0.2) is 37.0 Å². The number of amides is 1. The zero-order chi connectivity index (χ0) is 18.7. The molecule has 0 aliphatic carbocycles. The van der Waals surface area contributed by atoms with E-state index in [0.717, 1.165) is 0 Å². The molecule has 1 aromatic heterocycles. The van der Waals surface area contributed by atoms with Crippen LogP contribution in [0.4, 0.5) is 5.69 Å². The Morgan fingerprint density at radius 2 is 1.69 bits per heavy atom. The molecule has 1 N–H and O–H groups in total. The molecular formula is C18H14N2O6. The minimum atomic E-state index is -0.649. The maximum Gasteiger partial charge on any atom is 0.339 e. The molecule has 0 bridgehead atoms. The van der Waals surface area contributed by atoms with Crippen LogP contribution in [0, 0.1) is 0 Å². The van der Waals surface area contributed by atoms with Crippen molar-refractivity contribution < 1.29 is 28.3 Å².